The summed E-state index contributed by atoms with van der Waals surface area (Å²) >= 11 is 8.86. The van der Waals surface area contributed by atoms with Crippen LogP contribution < -0.4 is 10.1 Å². The number of ether oxygens (including phenoxy) is 1. The molecule has 1 unspecified atom stereocenters. The van der Waals surface area contributed by atoms with Crippen LogP contribution in [-0.2, 0) is 30.8 Å². The molecule has 0 radical (unpaired) electrons. The van der Waals surface area contributed by atoms with E-state index in [9.17, 15) is 10.1 Å². The van der Waals surface area contributed by atoms with Crippen molar-refractivity contribution in [2.24, 2.45) is 5.92 Å². The molecule has 1 atom stereocenters. The Labute approximate surface area is 224 Å². The third kappa shape index (κ3) is 5.94. The van der Waals surface area contributed by atoms with E-state index in [-0.39, 0.29) is 18.3 Å². The number of halogens is 1. The van der Waals surface area contributed by atoms with Gasteiger partial charge in [-0.25, -0.2) is 0 Å². The summed E-state index contributed by atoms with van der Waals surface area (Å²) in [4.78, 5) is 14.0. The van der Waals surface area contributed by atoms with Gasteiger partial charge in [-0.2, -0.15) is 5.26 Å². The summed E-state index contributed by atoms with van der Waals surface area (Å²) in [5, 5.41) is 23.1. The smallest absolute Gasteiger partial charge is 0.235 e. The van der Waals surface area contributed by atoms with Gasteiger partial charge in [-0.05, 0) is 61.4 Å². The number of benzene rings is 1. The van der Waals surface area contributed by atoms with Gasteiger partial charge in [-0.1, -0.05) is 42.8 Å². The first-order chi connectivity index (χ1) is 17.4. The van der Waals surface area contributed by atoms with Gasteiger partial charge in [-0.3, -0.25) is 9.36 Å². The topological polar surface area (TPSA) is 92.8 Å². The number of aryl methyl sites for hydroxylation is 1. The zero-order chi connectivity index (χ0) is 25.7. The van der Waals surface area contributed by atoms with Crippen LogP contribution in [0.1, 0.15) is 47.2 Å². The molecule has 7 nitrogen and oxygen atoms in total. The SMILES string of the molecule is C=CCn1c(COc2ccc(Cl)cc2C)nnc1SCC(=O)Nc1sc2c(c1C#N)CCC(CC)C2. The van der Waals surface area contributed by atoms with E-state index in [0.29, 0.717) is 39.0 Å². The highest BCUT2D eigenvalue weighted by molar-refractivity contribution is 7.99. The quantitative estimate of drug-likeness (QED) is 0.243. The Morgan fingerprint density at radius 2 is 2.31 bits per heavy atom. The van der Waals surface area contributed by atoms with Crippen molar-refractivity contribution in [3.8, 4) is 11.8 Å². The summed E-state index contributed by atoms with van der Waals surface area (Å²) in [6.45, 7) is 8.67. The summed E-state index contributed by atoms with van der Waals surface area (Å²) in [6, 6.07) is 7.76. The molecule has 10 heteroatoms. The van der Waals surface area contributed by atoms with Crippen molar-refractivity contribution in [3.63, 3.8) is 0 Å². The maximum absolute atomic E-state index is 12.8. The zero-order valence-electron chi connectivity index (χ0n) is 20.3. The second-order valence-electron chi connectivity index (χ2n) is 8.67. The number of nitrogens with zero attached hydrogens (tertiary/aromatic N) is 4. The second-order valence-corrected chi connectivity index (χ2v) is 11.2. The number of nitriles is 1. The average Bonchev–Trinajstić information content (AvgIpc) is 3.41. The Morgan fingerprint density at radius 1 is 1.47 bits per heavy atom. The predicted octanol–water partition coefficient (Wildman–Crippen LogP) is 6.18. The molecule has 0 spiro atoms. The number of hydrogen-bond donors (Lipinski definition) is 1. The molecule has 0 bridgehead atoms. The van der Waals surface area contributed by atoms with Crippen LogP contribution in [0.15, 0.2) is 36.0 Å². The summed E-state index contributed by atoms with van der Waals surface area (Å²) in [6.07, 6.45) is 5.88. The third-order valence-corrected chi connectivity index (χ3v) is 8.61. The highest BCUT2D eigenvalue weighted by Gasteiger charge is 2.26. The largest absolute Gasteiger partial charge is 0.485 e. The molecule has 0 saturated carbocycles. The molecule has 1 aliphatic carbocycles. The number of allylic oxidation sites excluding steroid dienone is 1. The number of anilines is 1. The zero-order valence-corrected chi connectivity index (χ0v) is 22.7. The fraction of sp³-hybridized carbons (Fsp3) is 0.385. The van der Waals surface area contributed by atoms with Crippen molar-refractivity contribution in [2.45, 2.75) is 57.8 Å². The monoisotopic (exact) mass is 541 g/mol. The van der Waals surface area contributed by atoms with Crippen molar-refractivity contribution >= 4 is 45.6 Å². The molecule has 1 aliphatic rings. The van der Waals surface area contributed by atoms with Gasteiger partial charge < -0.3 is 10.1 Å². The minimum Gasteiger partial charge on any atom is -0.485 e. The molecule has 188 valence electrons. The molecule has 1 aromatic carbocycles. The van der Waals surface area contributed by atoms with Gasteiger partial charge in [-0.15, -0.1) is 28.1 Å². The lowest BCUT2D eigenvalue weighted by Crippen LogP contribution is -2.15. The summed E-state index contributed by atoms with van der Waals surface area (Å²) in [7, 11) is 0. The van der Waals surface area contributed by atoms with Crippen LogP contribution in [0.4, 0.5) is 5.00 Å². The molecule has 36 heavy (non-hydrogen) atoms. The maximum atomic E-state index is 12.8. The van der Waals surface area contributed by atoms with E-state index in [1.54, 1.807) is 23.5 Å². The number of aromatic nitrogens is 3. The molecule has 4 rings (SSSR count). The van der Waals surface area contributed by atoms with Crippen LogP contribution in [0.2, 0.25) is 5.02 Å². The van der Waals surface area contributed by atoms with E-state index in [4.69, 9.17) is 16.3 Å². The van der Waals surface area contributed by atoms with E-state index in [1.807, 2.05) is 23.6 Å². The van der Waals surface area contributed by atoms with Gasteiger partial charge in [0.05, 0.1) is 11.3 Å². The number of carbonyl (C=O) groups excluding carboxylic acids is 1. The Bertz CT molecular complexity index is 1310. The average molecular weight is 542 g/mol. The Kier molecular flexibility index (Phi) is 8.72. The first kappa shape index (κ1) is 26.3. The number of hydrogen-bond acceptors (Lipinski definition) is 7. The molecule has 0 fully saturated rings. The van der Waals surface area contributed by atoms with E-state index in [2.05, 4.69) is 35.1 Å². The van der Waals surface area contributed by atoms with Crippen LogP contribution >= 0.6 is 34.7 Å². The minimum atomic E-state index is -0.176. The molecule has 3 aromatic rings. The molecule has 2 aromatic heterocycles. The summed E-state index contributed by atoms with van der Waals surface area (Å²) < 4.78 is 7.81. The van der Waals surface area contributed by atoms with Crippen LogP contribution in [-0.4, -0.2) is 26.4 Å². The molecular formula is C26H28ClN5O2S2. The molecule has 1 amide bonds. The lowest BCUT2D eigenvalue weighted by molar-refractivity contribution is -0.113. The normalized spacial score (nSPS) is 14.7. The Hall–Kier alpha value is -2.80. The van der Waals surface area contributed by atoms with Gasteiger partial charge >= 0.3 is 0 Å². The van der Waals surface area contributed by atoms with Crippen molar-refractivity contribution in [3.05, 3.63) is 63.3 Å². The summed E-state index contributed by atoms with van der Waals surface area (Å²) in [5.74, 6) is 1.98. The number of thiophene rings is 1. The highest BCUT2D eigenvalue weighted by Crippen LogP contribution is 2.40. The summed E-state index contributed by atoms with van der Waals surface area (Å²) in [5.41, 5.74) is 2.66. The number of rotatable bonds is 10. The van der Waals surface area contributed by atoms with Gasteiger partial charge in [0, 0.05) is 16.4 Å². The number of amides is 1. The van der Waals surface area contributed by atoms with Gasteiger partial charge in [0.2, 0.25) is 5.91 Å². The van der Waals surface area contributed by atoms with Gasteiger partial charge in [0.15, 0.2) is 11.0 Å². The van der Waals surface area contributed by atoms with Crippen molar-refractivity contribution in [1.82, 2.24) is 14.8 Å². The first-order valence-corrected chi connectivity index (χ1v) is 14.0. The lowest BCUT2D eigenvalue weighted by Gasteiger charge is -2.20. The van der Waals surface area contributed by atoms with Gasteiger partial charge in [0.25, 0.3) is 0 Å². The fourth-order valence-electron chi connectivity index (χ4n) is 4.26. The van der Waals surface area contributed by atoms with Crippen molar-refractivity contribution < 1.29 is 9.53 Å². The van der Waals surface area contributed by atoms with E-state index < -0.39 is 0 Å². The van der Waals surface area contributed by atoms with Crippen LogP contribution in [0.25, 0.3) is 0 Å². The molecule has 0 aliphatic heterocycles. The molecule has 1 N–H and O–H groups in total. The van der Waals surface area contributed by atoms with Crippen LogP contribution in [0.5, 0.6) is 5.75 Å². The van der Waals surface area contributed by atoms with Crippen molar-refractivity contribution in [2.75, 3.05) is 11.1 Å². The Balaban J connectivity index is 1.40. The minimum absolute atomic E-state index is 0.150. The van der Waals surface area contributed by atoms with Crippen LogP contribution in [0, 0.1) is 24.2 Å². The predicted molar refractivity (Wildman–Crippen MR) is 145 cm³/mol. The fourth-order valence-corrected chi connectivity index (χ4v) is 6.59. The molecular weight excluding hydrogens is 514 g/mol. The van der Waals surface area contributed by atoms with Gasteiger partial charge in [0.1, 0.15) is 23.4 Å². The molecule has 2 heterocycles. The lowest BCUT2D eigenvalue weighted by atomic mass is 9.86. The number of fused-ring (bicyclic) bond motifs is 1. The Morgan fingerprint density at radius 3 is 3.03 bits per heavy atom. The highest BCUT2D eigenvalue weighted by atomic mass is 35.5. The maximum Gasteiger partial charge on any atom is 0.235 e. The van der Waals surface area contributed by atoms with E-state index in [1.165, 1.54) is 16.6 Å². The van der Waals surface area contributed by atoms with E-state index in [0.717, 1.165) is 42.6 Å². The second kappa shape index (κ2) is 12.0. The first-order valence-electron chi connectivity index (χ1n) is 11.8. The number of thioether (sulfide) groups is 1. The standard InChI is InChI=1S/C26H28ClN5O2S2/c1-4-10-32-23(14-34-21-9-7-18(27)11-16(21)3)30-31-26(32)35-15-24(33)29-25-20(13-28)19-8-6-17(5-2)12-22(19)36-25/h4,7,9,11,17H,1,5-6,8,10,12,14-15H2,2-3H3,(H,29,33). The number of nitrogens with one attached hydrogen (secondary N) is 1. The number of carbonyl (C=O) groups is 1. The molecule has 0 saturated heterocycles. The third-order valence-electron chi connectivity index (χ3n) is 6.24. The van der Waals surface area contributed by atoms with Crippen LogP contribution in [0.3, 0.4) is 0 Å². The van der Waals surface area contributed by atoms with E-state index >= 15 is 0 Å². The van der Waals surface area contributed by atoms with Crippen molar-refractivity contribution in [1.29, 1.82) is 5.26 Å².